The van der Waals surface area contributed by atoms with Gasteiger partial charge in [0.25, 0.3) is 5.91 Å². The molecule has 1 aromatic rings. The molecule has 0 saturated carbocycles. The molecule has 5 nitrogen and oxygen atoms in total. The Hall–Kier alpha value is -1.73. The van der Waals surface area contributed by atoms with Gasteiger partial charge in [-0.2, -0.15) is 15.1 Å². The lowest BCUT2D eigenvalue weighted by Gasteiger charge is -2.19. The lowest BCUT2D eigenvalue weighted by molar-refractivity contribution is -0.114. The average molecular weight is 318 g/mol. The van der Waals surface area contributed by atoms with Crippen molar-refractivity contribution in [3.05, 3.63) is 28.0 Å². The molecule has 21 heavy (non-hydrogen) atoms. The average Bonchev–Trinajstić information content (AvgIpc) is 3.10. The van der Waals surface area contributed by atoms with Crippen LogP contribution < -0.4 is 0 Å². The molecule has 0 aliphatic carbocycles. The number of hydrazone groups is 1. The van der Waals surface area contributed by atoms with Gasteiger partial charge in [0.2, 0.25) is 5.17 Å². The fraction of sp³-hybridized carbons (Fsp3) is 0.286. The van der Waals surface area contributed by atoms with Gasteiger partial charge < -0.3 is 0 Å². The van der Waals surface area contributed by atoms with E-state index in [9.17, 15) is 4.79 Å². The molecule has 0 radical (unpaired) electrons. The first-order chi connectivity index (χ1) is 10.2. The van der Waals surface area contributed by atoms with Crippen LogP contribution in [0.3, 0.4) is 0 Å². The number of amides is 1. The Morgan fingerprint density at radius 3 is 3.05 bits per heavy atom. The zero-order valence-electron chi connectivity index (χ0n) is 11.5. The van der Waals surface area contributed by atoms with E-state index in [1.807, 2.05) is 17.5 Å². The standard InChI is InChI=1S/C14H14N4OS2/c1-2-3-6-11-17-18-12(15)10(8-9-5-4-7-20-9)13(19)16-14(18)21-11/h4-5,7-8,15H,2-3,6H2,1H3. The minimum atomic E-state index is -0.362. The first-order valence-electron chi connectivity index (χ1n) is 6.71. The van der Waals surface area contributed by atoms with Crippen LogP contribution in [0.1, 0.15) is 31.1 Å². The highest BCUT2D eigenvalue weighted by atomic mass is 32.2. The highest BCUT2D eigenvalue weighted by molar-refractivity contribution is 8.26. The van der Waals surface area contributed by atoms with Crippen LogP contribution in [0.15, 0.2) is 33.2 Å². The highest BCUT2D eigenvalue weighted by Gasteiger charge is 2.35. The second-order valence-corrected chi connectivity index (χ2v) is 6.65. The summed E-state index contributed by atoms with van der Waals surface area (Å²) < 4.78 is 0. The lowest BCUT2D eigenvalue weighted by atomic mass is 10.1. The Morgan fingerprint density at radius 2 is 2.33 bits per heavy atom. The van der Waals surface area contributed by atoms with E-state index in [0.29, 0.717) is 10.7 Å². The van der Waals surface area contributed by atoms with Gasteiger partial charge in [-0.3, -0.25) is 10.2 Å². The molecule has 0 bridgehead atoms. The first-order valence-corrected chi connectivity index (χ1v) is 8.41. The van der Waals surface area contributed by atoms with Gasteiger partial charge in [-0.05, 0) is 42.1 Å². The topological polar surface area (TPSA) is 68.9 Å². The number of nitrogens with zero attached hydrogens (tertiary/aromatic N) is 3. The van der Waals surface area contributed by atoms with E-state index >= 15 is 0 Å². The number of carbonyl (C=O) groups is 1. The molecule has 0 unspecified atom stereocenters. The van der Waals surface area contributed by atoms with Gasteiger partial charge in [0.15, 0.2) is 5.84 Å². The van der Waals surface area contributed by atoms with Crippen molar-refractivity contribution in [1.29, 1.82) is 5.41 Å². The second-order valence-electron chi connectivity index (χ2n) is 4.63. The number of fused-ring (bicyclic) bond motifs is 1. The van der Waals surface area contributed by atoms with Crippen LogP contribution in [0.5, 0.6) is 0 Å². The third kappa shape index (κ3) is 2.84. The molecule has 0 spiro atoms. The first kappa shape index (κ1) is 14.2. The van der Waals surface area contributed by atoms with E-state index in [4.69, 9.17) is 5.41 Å². The maximum atomic E-state index is 12.1. The van der Waals surface area contributed by atoms with Crippen molar-refractivity contribution in [2.45, 2.75) is 26.2 Å². The number of carbonyl (C=O) groups excluding carboxylic acids is 1. The van der Waals surface area contributed by atoms with Crippen LogP contribution in [0.2, 0.25) is 0 Å². The number of hydrogen-bond acceptors (Lipinski definition) is 5. The zero-order valence-corrected chi connectivity index (χ0v) is 13.1. The van der Waals surface area contributed by atoms with Crippen molar-refractivity contribution < 1.29 is 4.79 Å². The van der Waals surface area contributed by atoms with Gasteiger partial charge in [-0.15, -0.1) is 11.3 Å². The van der Waals surface area contributed by atoms with Crippen molar-refractivity contribution in [3.63, 3.8) is 0 Å². The molecule has 2 aliphatic rings. The van der Waals surface area contributed by atoms with E-state index < -0.39 is 0 Å². The second kappa shape index (κ2) is 5.95. The van der Waals surface area contributed by atoms with Crippen molar-refractivity contribution in [2.75, 3.05) is 0 Å². The number of amidine groups is 2. The Morgan fingerprint density at radius 1 is 1.48 bits per heavy atom. The van der Waals surface area contributed by atoms with Gasteiger partial charge in [0, 0.05) is 4.88 Å². The Balaban J connectivity index is 1.88. The molecule has 3 heterocycles. The third-order valence-corrected chi connectivity index (χ3v) is 4.86. The van der Waals surface area contributed by atoms with E-state index in [1.165, 1.54) is 28.1 Å². The Kier molecular flexibility index (Phi) is 4.03. The van der Waals surface area contributed by atoms with E-state index in [-0.39, 0.29) is 11.7 Å². The van der Waals surface area contributed by atoms with Gasteiger partial charge in [-0.25, -0.2) is 0 Å². The number of nitrogens with one attached hydrogen (secondary N) is 1. The lowest BCUT2D eigenvalue weighted by Crippen LogP contribution is -2.35. The van der Waals surface area contributed by atoms with Gasteiger partial charge in [0.05, 0.1) is 5.57 Å². The van der Waals surface area contributed by atoms with Crippen LogP contribution in [0.4, 0.5) is 0 Å². The largest absolute Gasteiger partial charge is 0.283 e. The van der Waals surface area contributed by atoms with Crippen molar-refractivity contribution in [3.8, 4) is 0 Å². The zero-order chi connectivity index (χ0) is 14.8. The summed E-state index contributed by atoms with van der Waals surface area (Å²) in [6.07, 6.45) is 4.71. The molecule has 3 rings (SSSR count). The van der Waals surface area contributed by atoms with E-state index in [0.717, 1.165) is 29.2 Å². The predicted octanol–water partition coefficient (Wildman–Crippen LogP) is 3.56. The number of thioether (sulfide) groups is 1. The normalized spacial score (nSPS) is 19.9. The monoisotopic (exact) mass is 318 g/mol. The van der Waals surface area contributed by atoms with Crippen LogP contribution in [-0.4, -0.2) is 27.0 Å². The minimum absolute atomic E-state index is 0.109. The summed E-state index contributed by atoms with van der Waals surface area (Å²) in [5.41, 5.74) is 0.294. The van der Waals surface area contributed by atoms with Crippen molar-refractivity contribution >= 4 is 51.1 Å². The number of aliphatic imine (C=N–C) groups is 1. The fourth-order valence-electron chi connectivity index (χ4n) is 1.98. The van der Waals surface area contributed by atoms with Crippen molar-refractivity contribution in [1.82, 2.24) is 5.01 Å². The Bertz CT molecular complexity index is 673. The van der Waals surface area contributed by atoms with Crippen LogP contribution in [0, 0.1) is 5.41 Å². The molecule has 0 aromatic carbocycles. The van der Waals surface area contributed by atoms with Crippen molar-refractivity contribution in [2.24, 2.45) is 10.1 Å². The van der Waals surface area contributed by atoms with E-state index in [1.54, 1.807) is 6.08 Å². The summed E-state index contributed by atoms with van der Waals surface area (Å²) >= 11 is 2.92. The quantitative estimate of drug-likeness (QED) is 0.863. The molecule has 0 fully saturated rings. The number of unbranched alkanes of at least 4 members (excludes halogenated alkanes) is 1. The molecule has 7 heteroatoms. The summed E-state index contributed by atoms with van der Waals surface area (Å²) in [4.78, 5) is 17.1. The molecule has 1 amide bonds. The number of thiophene rings is 1. The molecular weight excluding hydrogens is 304 g/mol. The number of hydrogen-bond donors (Lipinski definition) is 1. The molecule has 108 valence electrons. The molecule has 0 saturated heterocycles. The van der Waals surface area contributed by atoms with Gasteiger partial charge >= 0.3 is 0 Å². The van der Waals surface area contributed by atoms with E-state index in [2.05, 4.69) is 17.0 Å². The molecule has 0 atom stereocenters. The summed E-state index contributed by atoms with van der Waals surface area (Å²) in [6.45, 7) is 2.12. The molecule has 2 aliphatic heterocycles. The highest BCUT2D eigenvalue weighted by Crippen LogP contribution is 2.30. The smallest absolute Gasteiger partial charge is 0.282 e. The summed E-state index contributed by atoms with van der Waals surface area (Å²) in [6, 6.07) is 3.82. The summed E-state index contributed by atoms with van der Waals surface area (Å²) in [7, 11) is 0. The molecule has 1 N–H and O–H groups in total. The predicted molar refractivity (Wildman–Crippen MR) is 88.9 cm³/mol. The SMILES string of the molecule is CCCCC1=NN2C(=N)C(=Cc3cccs3)C(=O)N=C2S1. The van der Waals surface area contributed by atoms with Crippen LogP contribution in [0.25, 0.3) is 6.08 Å². The summed E-state index contributed by atoms with van der Waals surface area (Å²) in [5.74, 6) is -0.253. The minimum Gasteiger partial charge on any atom is -0.282 e. The molecule has 1 aromatic heterocycles. The number of rotatable bonds is 4. The molecular formula is C14H14N4OS2. The van der Waals surface area contributed by atoms with Crippen LogP contribution in [-0.2, 0) is 4.79 Å². The maximum Gasteiger partial charge on any atom is 0.283 e. The Labute approximate surface area is 131 Å². The van der Waals surface area contributed by atoms with Gasteiger partial charge in [-0.1, -0.05) is 19.4 Å². The van der Waals surface area contributed by atoms with Gasteiger partial charge in [0.1, 0.15) is 5.04 Å². The third-order valence-electron chi connectivity index (χ3n) is 3.07. The summed E-state index contributed by atoms with van der Waals surface area (Å²) in [5, 5.41) is 17.4. The fourth-order valence-corrected chi connectivity index (χ4v) is 3.56. The van der Waals surface area contributed by atoms with Crippen LogP contribution >= 0.6 is 23.1 Å². The maximum absolute atomic E-state index is 12.1.